The lowest BCUT2D eigenvalue weighted by molar-refractivity contribution is -0.141. The second-order valence-electron chi connectivity index (χ2n) is 3.56. The predicted molar refractivity (Wildman–Crippen MR) is 60.1 cm³/mol. The summed E-state index contributed by atoms with van der Waals surface area (Å²) in [7, 11) is 0. The molecule has 0 aliphatic carbocycles. The van der Waals surface area contributed by atoms with Crippen molar-refractivity contribution in [1.29, 1.82) is 5.26 Å². The normalized spacial score (nSPS) is 11.3. The van der Waals surface area contributed by atoms with Crippen molar-refractivity contribution in [2.75, 3.05) is 0 Å². The summed E-state index contributed by atoms with van der Waals surface area (Å²) < 4.78 is 0. The Balaban J connectivity index is 2.90. The maximum Gasteiger partial charge on any atom is 0.326 e. The maximum atomic E-state index is 10.9. The highest BCUT2D eigenvalue weighted by atomic mass is 16.4. The van der Waals surface area contributed by atoms with Gasteiger partial charge in [-0.2, -0.15) is 5.26 Å². The van der Waals surface area contributed by atoms with Gasteiger partial charge in [-0.25, -0.2) is 4.79 Å². The topological polar surface area (TPSA) is 90.2 Å². The second-order valence-corrected chi connectivity index (χ2v) is 3.56. The zero-order chi connectivity index (χ0) is 12.8. The zero-order valence-electron chi connectivity index (χ0n) is 9.30. The fourth-order valence-corrected chi connectivity index (χ4v) is 1.47. The van der Waals surface area contributed by atoms with Crippen molar-refractivity contribution >= 4 is 11.9 Å². The monoisotopic (exact) mass is 232 g/mol. The largest absolute Gasteiger partial charge is 0.480 e. The van der Waals surface area contributed by atoms with Crippen LogP contribution in [0.25, 0.3) is 0 Å². The minimum absolute atomic E-state index is 0.0959. The number of carboxylic acid groups (broad SMARTS) is 1. The van der Waals surface area contributed by atoms with E-state index in [1.807, 2.05) is 6.07 Å². The van der Waals surface area contributed by atoms with Crippen molar-refractivity contribution in [3.8, 4) is 6.07 Å². The van der Waals surface area contributed by atoms with Gasteiger partial charge in [0, 0.05) is 13.3 Å². The number of aliphatic carboxylic acids is 1. The molecule has 0 saturated carbocycles. The van der Waals surface area contributed by atoms with E-state index in [1.54, 1.807) is 24.3 Å². The molecule has 1 atom stereocenters. The van der Waals surface area contributed by atoms with Gasteiger partial charge in [0.25, 0.3) is 0 Å². The van der Waals surface area contributed by atoms with E-state index in [0.29, 0.717) is 11.1 Å². The first kappa shape index (κ1) is 12.7. The molecule has 0 aliphatic heterocycles. The van der Waals surface area contributed by atoms with Crippen LogP contribution < -0.4 is 5.32 Å². The van der Waals surface area contributed by atoms with Gasteiger partial charge in [-0.15, -0.1) is 0 Å². The van der Waals surface area contributed by atoms with Crippen LogP contribution >= 0.6 is 0 Å². The summed E-state index contributed by atoms with van der Waals surface area (Å²) in [6, 6.07) is 7.70. The Kier molecular flexibility index (Phi) is 4.23. The van der Waals surface area contributed by atoms with Crippen molar-refractivity contribution in [3.05, 3.63) is 35.4 Å². The molecule has 2 N–H and O–H groups in total. The Labute approximate surface area is 98.7 Å². The van der Waals surface area contributed by atoms with Gasteiger partial charge in [-0.1, -0.05) is 18.2 Å². The van der Waals surface area contributed by atoms with E-state index in [4.69, 9.17) is 10.4 Å². The van der Waals surface area contributed by atoms with Gasteiger partial charge in [0.2, 0.25) is 5.91 Å². The van der Waals surface area contributed by atoms with Gasteiger partial charge in [0.05, 0.1) is 11.6 Å². The highest BCUT2D eigenvalue weighted by Crippen LogP contribution is 2.10. The van der Waals surface area contributed by atoms with E-state index in [9.17, 15) is 9.59 Å². The first-order valence-corrected chi connectivity index (χ1v) is 5.02. The first-order valence-electron chi connectivity index (χ1n) is 5.02. The third kappa shape index (κ3) is 3.61. The van der Waals surface area contributed by atoms with Crippen LogP contribution in [0.4, 0.5) is 0 Å². The molecule has 5 heteroatoms. The maximum absolute atomic E-state index is 10.9. The molecular weight excluding hydrogens is 220 g/mol. The van der Waals surface area contributed by atoms with Gasteiger partial charge in [0.1, 0.15) is 6.04 Å². The minimum Gasteiger partial charge on any atom is -0.480 e. The molecule has 0 unspecified atom stereocenters. The summed E-state index contributed by atoms with van der Waals surface area (Å²) in [5.41, 5.74) is 1.03. The Bertz CT molecular complexity index is 477. The lowest BCUT2D eigenvalue weighted by atomic mass is 10.0. The van der Waals surface area contributed by atoms with Crippen LogP contribution in [-0.2, 0) is 16.0 Å². The fourth-order valence-electron chi connectivity index (χ4n) is 1.47. The van der Waals surface area contributed by atoms with Crippen LogP contribution in [0.3, 0.4) is 0 Å². The Hall–Kier alpha value is -2.35. The fraction of sp³-hybridized carbons (Fsp3) is 0.250. The number of nitrogens with one attached hydrogen (secondary N) is 1. The number of nitrogens with zero attached hydrogens (tertiary/aromatic N) is 1. The standard InChI is InChI=1S/C12H12N2O3/c1-8(15)14-11(12(16)17)6-9-4-2-3-5-10(9)7-13/h2-5,11H,6H2,1H3,(H,14,15)(H,16,17)/t11-/m1/s1. The number of benzene rings is 1. The van der Waals surface area contributed by atoms with Crippen molar-refractivity contribution in [3.63, 3.8) is 0 Å². The lowest BCUT2D eigenvalue weighted by Crippen LogP contribution is -2.41. The van der Waals surface area contributed by atoms with Gasteiger partial charge < -0.3 is 10.4 Å². The number of hydrogen-bond donors (Lipinski definition) is 2. The van der Waals surface area contributed by atoms with Crippen LogP contribution in [-0.4, -0.2) is 23.0 Å². The smallest absolute Gasteiger partial charge is 0.326 e. The molecule has 17 heavy (non-hydrogen) atoms. The second kappa shape index (κ2) is 5.66. The van der Waals surface area contributed by atoms with E-state index in [-0.39, 0.29) is 6.42 Å². The predicted octanol–water partition coefficient (Wildman–Crippen LogP) is 0.690. The molecule has 0 heterocycles. The number of carboxylic acids is 1. The molecule has 0 aliphatic rings. The number of rotatable bonds is 4. The van der Waals surface area contributed by atoms with Crippen LogP contribution in [0.15, 0.2) is 24.3 Å². The highest BCUT2D eigenvalue weighted by molar-refractivity contribution is 5.82. The highest BCUT2D eigenvalue weighted by Gasteiger charge is 2.19. The van der Waals surface area contributed by atoms with Gasteiger partial charge in [-0.3, -0.25) is 4.79 Å². The Morgan fingerprint density at radius 1 is 1.47 bits per heavy atom. The first-order chi connectivity index (χ1) is 8.04. The molecule has 0 bridgehead atoms. The van der Waals surface area contributed by atoms with Gasteiger partial charge in [0.15, 0.2) is 0 Å². The summed E-state index contributed by atoms with van der Waals surface area (Å²) in [5.74, 6) is -1.53. The third-order valence-corrected chi connectivity index (χ3v) is 2.24. The number of carbonyl (C=O) groups is 2. The van der Waals surface area contributed by atoms with Crippen molar-refractivity contribution in [2.24, 2.45) is 0 Å². The summed E-state index contributed by atoms with van der Waals surface area (Å²) in [6.07, 6.45) is 0.0959. The molecular formula is C12H12N2O3. The molecule has 0 saturated heterocycles. The summed E-state index contributed by atoms with van der Waals surface area (Å²) in [4.78, 5) is 21.8. The SMILES string of the molecule is CC(=O)N[C@H](Cc1ccccc1C#N)C(=O)O. The molecule has 0 spiro atoms. The molecule has 1 amide bonds. The van der Waals surface area contributed by atoms with E-state index in [0.717, 1.165) is 0 Å². The van der Waals surface area contributed by atoms with Gasteiger partial charge >= 0.3 is 5.97 Å². The number of carbonyl (C=O) groups excluding carboxylic acids is 1. The van der Waals surface area contributed by atoms with Crippen LogP contribution in [0, 0.1) is 11.3 Å². The molecule has 5 nitrogen and oxygen atoms in total. The van der Waals surface area contributed by atoms with Gasteiger partial charge in [-0.05, 0) is 11.6 Å². The number of hydrogen-bond acceptors (Lipinski definition) is 3. The summed E-state index contributed by atoms with van der Waals surface area (Å²) >= 11 is 0. The van der Waals surface area contributed by atoms with Crippen LogP contribution in [0.5, 0.6) is 0 Å². The lowest BCUT2D eigenvalue weighted by Gasteiger charge is -2.13. The van der Waals surface area contributed by atoms with E-state index >= 15 is 0 Å². The molecule has 0 radical (unpaired) electrons. The number of nitriles is 1. The molecule has 1 aromatic carbocycles. The van der Waals surface area contributed by atoms with E-state index < -0.39 is 17.9 Å². The molecule has 0 aromatic heterocycles. The quantitative estimate of drug-likeness (QED) is 0.799. The van der Waals surface area contributed by atoms with Crippen LogP contribution in [0.1, 0.15) is 18.1 Å². The van der Waals surface area contributed by atoms with Crippen molar-refractivity contribution in [1.82, 2.24) is 5.32 Å². The third-order valence-electron chi connectivity index (χ3n) is 2.24. The summed E-state index contributed by atoms with van der Waals surface area (Å²) in [5, 5.41) is 20.1. The minimum atomic E-state index is -1.12. The Morgan fingerprint density at radius 3 is 2.65 bits per heavy atom. The average molecular weight is 232 g/mol. The van der Waals surface area contributed by atoms with E-state index in [2.05, 4.69) is 5.32 Å². The molecule has 1 rings (SSSR count). The average Bonchev–Trinajstić information content (AvgIpc) is 2.28. The van der Waals surface area contributed by atoms with Crippen LogP contribution in [0.2, 0.25) is 0 Å². The Morgan fingerprint density at radius 2 is 2.12 bits per heavy atom. The van der Waals surface area contributed by atoms with Crippen molar-refractivity contribution < 1.29 is 14.7 Å². The number of amides is 1. The van der Waals surface area contributed by atoms with E-state index in [1.165, 1.54) is 6.92 Å². The van der Waals surface area contributed by atoms with Crippen molar-refractivity contribution in [2.45, 2.75) is 19.4 Å². The zero-order valence-corrected chi connectivity index (χ0v) is 9.30. The summed E-state index contributed by atoms with van der Waals surface area (Å²) in [6.45, 7) is 1.26. The molecule has 88 valence electrons. The molecule has 1 aromatic rings. The molecule has 0 fully saturated rings.